The van der Waals surface area contributed by atoms with Gasteiger partial charge in [0.2, 0.25) is 0 Å². The Kier molecular flexibility index (Phi) is 3.51. The van der Waals surface area contributed by atoms with Crippen LogP contribution < -0.4 is 0 Å². The van der Waals surface area contributed by atoms with Crippen LogP contribution in [0.2, 0.25) is 0 Å². The van der Waals surface area contributed by atoms with E-state index < -0.39 is 10.1 Å². The van der Waals surface area contributed by atoms with Gasteiger partial charge in [0.25, 0.3) is 10.1 Å². The van der Waals surface area contributed by atoms with E-state index in [4.69, 9.17) is 0 Å². The molecular formula is C9H16N2O3S. The summed E-state index contributed by atoms with van der Waals surface area (Å²) >= 11 is 0. The first-order valence-electron chi connectivity index (χ1n) is 4.64. The first-order chi connectivity index (χ1) is 6.81. The van der Waals surface area contributed by atoms with Crippen LogP contribution in [0, 0.1) is 13.8 Å². The van der Waals surface area contributed by atoms with Gasteiger partial charge in [-0.05, 0) is 19.4 Å². The van der Waals surface area contributed by atoms with Crippen LogP contribution in [0.15, 0.2) is 0 Å². The minimum absolute atomic E-state index is 0.173. The molecule has 0 aliphatic heterocycles. The van der Waals surface area contributed by atoms with E-state index in [1.807, 2.05) is 20.9 Å². The third-order valence-electron chi connectivity index (χ3n) is 2.31. The van der Waals surface area contributed by atoms with Crippen LogP contribution in [0.5, 0.6) is 0 Å². The standard InChI is InChI=1S/C9H16N2O3S/c1-7-9(8(2)11(3)10-7)5-6-14-15(4,12)13/h5-6H2,1-4H3/i1+1,2+1,7+1,8+1,9+1. The Balaban J connectivity index is 2.66. The van der Waals surface area contributed by atoms with Gasteiger partial charge in [-0.15, -0.1) is 0 Å². The average Bonchev–Trinajstić information content (AvgIpc) is 2.29. The highest BCUT2D eigenvalue weighted by atomic mass is 32.2. The number of hydrogen-bond acceptors (Lipinski definition) is 4. The number of aromatic nitrogens is 2. The van der Waals surface area contributed by atoms with E-state index in [-0.39, 0.29) is 6.61 Å². The number of aryl methyl sites for hydroxylation is 2. The predicted octanol–water partition coefficient (Wildman–Crippen LogP) is 0.556. The number of rotatable bonds is 4. The number of hydrogen-bond donors (Lipinski definition) is 0. The molecule has 0 bridgehead atoms. The third kappa shape index (κ3) is 3.32. The summed E-state index contributed by atoms with van der Waals surface area (Å²) in [7, 11) is -1.48. The Morgan fingerprint density at radius 2 is 2.00 bits per heavy atom. The van der Waals surface area contributed by atoms with E-state index in [1.165, 1.54) is 0 Å². The van der Waals surface area contributed by atoms with Gasteiger partial charge in [-0.1, -0.05) is 0 Å². The Morgan fingerprint density at radius 1 is 1.40 bits per heavy atom. The van der Waals surface area contributed by atoms with E-state index in [9.17, 15) is 8.42 Å². The molecule has 0 atom stereocenters. The largest absolute Gasteiger partial charge is 0.272 e. The van der Waals surface area contributed by atoms with E-state index in [0.29, 0.717) is 6.42 Å². The summed E-state index contributed by atoms with van der Waals surface area (Å²) in [5.74, 6) is 0. The van der Waals surface area contributed by atoms with Gasteiger partial charge in [0.1, 0.15) is 0 Å². The quantitative estimate of drug-likeness (QED) is 0.567. The van der Waals surface area contributed by atoms with Crippen LogP contribution in [-0.2, 0) is 27.8 Å². The lowest BCUT2D eigenvalue weighted by Crippen LogP contribution is -2.07. The van der Waals surface area contributed by atoms with Gasteiger partial charge in [-0.3, -0.25) is 8.86 Å². The monoisotopic (exact) mass is 237 g/mol. The highest BCUT2D eigenvalue weighted by Gasteiger charge is 2.10. The minimum Gasteiger partial charge on any atom is -0.272 e. The predicted molar refractivity (Wildman–Crippen MR) is 57.2 cm³/mol. The fourth-order valence-electron chi connectivity index (χ4n) is 1.47. The topological polar surface area (TPSA) is 61.2 Å². The summed E-state index contributed by atoms with van der Waals surface area (Å²) in [6.07, 6.45) is 1.62. The van der Waals surface area contributed by atoms with Crippen molar-refractivity contribution in [3.63, 3.8) is 0 Å². The second-order valence-electron chi connectivity index (χ2n) is 3.55. The van der Waals surface area contributed by atoms with E-state index in [1.54, 1.807) is 4.68 Å². The van der Waals surface area contributed by atoms with Crippen LogP contribution in [0.3, 0.4) is 0 Å². The molecule has 1 aromatic heterocycles. The summed E-state index contributed by atoms with van der Waals surface area (Å²) in [5, 5.41) is 4.24. The van der Waals surface area contributed by atoms with Crippen molar-refractivity contribution in [3.8, 4) is 0 Å². The fraction of sp³-hybridized carbons (Fsp3) is 0.667. The lowest BCUT2D eigenvalue weighted by Gasteiger charge is -2.02. The molecule has 0 saturated carbocycles. The summed E-state index contributed by atoms with van der Waals surface area (Å²) < 4.78 is 28.0. The highest BCUT2D eigenvalue weighted by molar-refractivity contribution is 7.85. The SMILES string of the molecule is Cn1n[13c]([13CH3])[13c](CCOS(C)(=O)=O)[13c]1[13CH3]. The molecule has 0 amide bonds. The molecule has 1 aromatic rings. The van der Waals surface area contributed by atoms with Crippen LogP contribution >= 0.6 is 0 Å². The van der Waals surface area contributed by atoms with E-state index >= 15 is 0 Å². The summed E-state index contributed by atoms with van der Waals surface area (Å²) in [4.78, 5) is 0. The van der Waals surface area contributed by atoms with Gasteiger partial charge < -0.3 is 0 Å². The molecule has 0 N–H and O–H groups in total. The maximum atomic E-state index is 10.8. The molecule has 6 heteroatoms. The van der Waals surface area contributed by atoms with Gasteiger partial charge in [0.05, 0.1) is 18.6 Å². The van der Waals surface area contributed by atoms with Crippen molar-refractivity contribution in [3.05, 3.63) is 17.0 Å². The molecule has 15 heavy (non-hydrogen) atoms. The summed E-state index contributed by atoms with van der Waals surface area (Å²) in [6.45, 7) is 4.03. The van der Waals surface area contributed by atoms with Crippen LogP contribution in [0.25, 0.3) is 0 Å². The van der Waals surface area contributed by atoms with Crippen molar-refractivity contribution in [1.82, 2.24) is 9.78 Å². The van der Waals surface area contributed by atoms with Crippen molar-refractivity contribution in [2.45, 2.75) is 20.3 Å². The zero-order chi connectivity index (χ0) is 11.6. The normalized spacial score (nSPS) is 12.0. The second kappa shape index (κ2) is 4.32. The molecule has 0 saturated heterocycles. The number of nitrogens with zero attached hydrogens (tertiary/aromatic N) is 2. The zero-order valence-electron chi connectivity index (χ0n) is 9.44. The molecule has 0 radical (unpaired) electrons. The van der Waals surface area contributed by atoms with Crippen molar-refractivity contribution >= 4 is 10.1 Å². The first kappa shape index (κ1) is 12.2. The molecule has 0 aliphatic rings. The van der Waals surface area contributed by atoms with Crippen LogP contribution in [0.4, 0.5) is 0 Å². The Hall–Kier alpha value is -0.880. The molecule has 0 unspecified atom stereocenters. The zero-order valence-corrected chi connectivity index (χ0v) is 10.3. The summed E-state index contributed by atoms with van der Waals surface area (Å²) in [6, 6.07) is 0. The Labute approximate surface area is 90.2 Å². The third-order valence-corrected chi connectivity index (χ3v) is 2.90. The van der Waals surface area contributed by atoms with Gasteiger partial charge in [-0.25, -0.2) is 0 Å². The van der Waals surface area contributed by atoms with Crippen molar-refractivity contribution in [1.29, 1.82) is 0 Å². The van der Waals surface area contributed by atoms with E-state index in [0.717, 1.165) is 23.2 Å². The van der Waals surface area contributed by atoms with Gasteiger partial charge in [-0.2, -0.15) is 13.5 Å². The average molecular weight is 237 g/mol. The van der Waals surface area contributed by atoms with Crippen molar-refractivity contribution in [2.75, 3.05) is 12.9 Å². The highest BCUT2D eigenvalue weighted by Crippen LogP contribution is 2.12. The lowest BCUT2D eigenvalue weighted by molar-refractivity contribution is 0.325. The van der Waals surface area contributed by atoms with Crippen molar-refractivity contribution in [2.24, 2.45) is 7.05 Å². The maximum absolute atomic E-state index is 10.8. The smallest absolute Gasteiger partial charge is 0.264 e. The molecular weight excluding hydrogens is 221 g/mol. The molecule has 5 nitrogen and oxygen atoms in total. The lowest BCUT2D eigenvalue weighted by atomic mass is 10.6. The van der Waals surface area contributed by atoms with Gasteiger partial charge >= 0.3 is 0 Å². The molecule has 1 heterocycles. The summed E-state index contributed by atoms with van der Waals surface area (Å²) in [5.41, 5.74) is 3.03. The van der Waals surface area contributed by atoms with E-state index in [2.05, 4.69) is 9.28 Å². The van der Waals surface area contributed by atoms with Gasteiger partial charge in [0, 0.05) is 19.2 Å². The Morgan fingerprint density at radius 3 is 2.40 bits per heavy atom. The second-order valence-corrected chi connectivity index (χ2v) is 5.19. The maximum Gasteiger partial charge on any atom is 0.264 e. The van der Waals surface area contributed by atoms with Crippen LogP contribution in [0.1, 0.15) is 17.0 Å². The molecule has 1 rings (SSSR count). The van der Waals surface area contributed by atoms with Crippen LogP contribution in [-0.4, -0.2) is 31.1 Å². The molecule has 0 aliphatic carbocycles. The minimum atomic E-state index is -3.34. The molecule has 0 aromatic carbocycles. The molecule has 0 fully saturated rings. The Bertz CT molecular complexity index is 448. The van der Waals surface area contributed by atoms with Crippen molar-refractivity contribution < 1.29 is 12.6 Å². The molecule has 86 valence electrons. The molecule has 0 spiro atoms. The van der Waals surface area contributed by atoms with Gasteiger partial charge in [0.15, 0.2) is 0 Å². The first-order valence-corrected chi connectivity index (χ1v) is 6.46. The fourth-order valence-corrected chi connectivity index (χ4v) is 1.86.